The van der Waals surface area contributed by atoms with E-state index in [0.717, 1.165) is 5.56 Å². The van der Waals surface area contributed by atoms with Crippen LogP contribution in [0.4, 0.5) is 5.69 Å². The van der Waals surface area contributed by atoms with E-state index in [1.165, 1.54) is 12.3 Å². The van der Waals surface area contributed by atoms with Gasteiger partial charge in [-0.3, -0.25) is 14.6 Å². The molecule has 2 amide bonds. The number of pyridine rings is 1. The number of para-hydroxylation sites is 2. The Labute approximate surface area is 157 Å². The van der Waals surface area contributed by atoms with Gasteiger partial charge in [-0.05, 0) is 30.3 Å². The van der Waals surface area contributed by atoms with Crippen molar-refractivity contribution in [3.05, 3.63) is 89.7 Å². The number of hydrogen-bond acceptors (Lipinski definition) is 4. The van der Waals surface area contributed by atoms with E-state index in [-0.39, 0.29) is 17.5 Å². The molecule has 1 aromatic heterocycles. The number of ether oxygens (including phenoxy) is 1. The molecular weight excluding hydrogens is 342 g/mol. The van der Waals surface area contributed by atoms with Crippen LogP contribution in [0.2, 0.25) is 0 Å². The standard InChI is InChI=1S/C21H19N3O3/c1-27-19-10-6-5-7-16(19)14-23-20(25)15-11-12-22-18(13-15)21(26)24-17-8-3-2-4-9-17/h2-13H,14H2,1H3,(H,23,25)(H,24,26). The summed E-state index contributed by atoms with van der Waals surface area (Å²) in [5.41, 5.74) is 2.06. The van der Waals surface area contributed by atoms with Gasteiger partial charge in [-0.2, -0.15) is 0 Å². The molecule has 136 valence electrons. The molecule has 0 aliphatic carbocycles. The predicted octanol–water partition coefficient (Wildman–Crippen LogP) is 3.27. The van der Waals surface area contributed by atoms with Crippen LogP contribution in [-0.4, -0.2) is 23.9 Å². The van der Waals surface area contributed by atoms with Crippen molar-refractivity contribution in [2.75, 3.05) is 12.4 Å². The molecular formula is C21H19N3O3. The van der Waals surface area contributed by atoms with Gasteiger partial charge in [-0.15, -0.1) is 0 Å². The van der Waals surface area contributed by atoms with Crippen molar-refractivity contribution in [2.45, 2.75) is 6.54 Å². The Morgan fingerprint density at radius 2 is 1.70 bits per heavy atom. The topological polar surface area (TPSA) is 80.3 Å². The van der Waals surface area contributed by atoms with Crippen molar-refractivity contribution in [2.24, 2.45) is 0 Å². The van der Waals surface area contributed by atoms with Gasteiger partial charge in [0.1, 0.15) is 11.4 Å². The Balaban J connectivity index is 1.67. The molecule has 2 aromatic carbocycles. The highest BCUT2D eigenvalue weighted by Crippen LogP contribution is 2.17. The Morgan fingerprint density at radius 3 is 2.48 bits per heavy atom. The van der Waals surface area contributed by atoms with Gasteiger partial charge < -0.3 is 15.4 Å². The number of nitrogens with one attached hydrogen (secondary N) is 2. The normalized spacial score (nSPS) is 10.1. The lowest BCUT2D eigenvalue weighted by atomic mass is 10.1. The van der Waals surface area contributed by atoms with Gasteiger partial charge in [0.15, 0.2) is 0 Å². The fourth-order valence-electron chi connectivity index (χ4n) is 2.54. The van der Waals surface area contributed by atoms with Gasteiger partial charge in [0.05, 0.1) is 7.11 Å². The molecule has 0 bridgehead atoms. The first kappa shape index (κ1) is 18.1. The minimum Gasteiger partial charge on any atom is -0.496 e. The maximum atomic E-state index is 12.4. The predicted molar refractivity (Wildman–Crippen MR) is 103 cm³/mol. The molecule has 6 heteroatoms. The summed E-state index contributed by atoms with van der Waals surface area (Å²) in [5.74, 6) is 0.0353. The number of carbonyl (C=O) groups is 2. The number of amides is 2. The van der Waals surface area contributed by atoms with E-state index in [1.807, 2.05) is 42.5 Å². The maximum Gasteiger partial charge on any atom is 0.274 e. The lowest BCUT2D eigenvalue weighted by Crippen LogP contribution is -2.24. The largest absolute Gasteiger partial charge is 0.496 e. The third kappa shape index (κ3) is 4.70. The quantitative estimate of drug-likeness (QED) is 0.706. The fourth-order valence-corrected chi connectivity index (χ4v) is 2.54. The molecule has 0 atom stereocenters. The van der Waals surface area contributed by atoms with E-state index in [4.69, 9.17) is 4.74 Å². The average Bonchev–Trinajstić information content (AvgIpc) is 2.73. The Bertz CT molecular complexity index is 942. The van der Waals surface area contributed by atoms with Gasteiger partial charge in [-0.1, -0.05) is 36.4 Å². The summed E-state index contributed by atoms with van der Waals surface area (Å²) in [6.45, 7) is 0.316. The van der Waals surface area contributed by atoms with E-state index >= 15 is 0 Å². The van der Waals surface area contributed by atoms with Crippen LogP contribution in [0.3, 0.4) is 0 Å². The van der Waals surface area contributed by atoms with Gasteiger partial charge in [-0.25, -0.2) is 0 Å². The number of benzene rings is 2. The summed E-state index contributed by atoms with van der Waals surface area (Å²) < 4.78 is 5.28. The summed E-state index contributed by atoms with van der Waals surface area (Å²) in [4.78, 5) is 28.8. The minimum atomic E-state index is -0.374. The third-order valence-electron chi connectivity index (χ3n) is 3.92. The van der Waals surface area contributed by atoms with Crippen molar-refractivity contribution in [3.8, 4) is 5.75 Å². The number of anilines is 1. The molecule has 0 fully saturated rings. The zero-order chi connectivity index (χ0) is 19.1. The first-order chi connectivity index (χ1) is 13.2. The Hall–Kier alpha value is -3.67. The molecule has 3 aromatic rings. The summed E-state index contributed by atoms with van der Waals surface area (Å²) in [6.07, 6.45) is 1.44. The molecule has 0 aliphatic heterocycles. The van der Waals surface area contributed by atoms with Gasteiger partial charge in [0, 0.05) is 29.6 Å². The minimum absolute atomic E-state index is 0.170. The highest BCUT2D eigenvalue weighted by Gasteiger charge is 2.12. The Morgan fingerprint density at radius 1 is 0.963 bits per heavy atom. The van der Waals surface area contributed by atoms with Gasteiger partial charge in [0.25, 0.3) is 11.8 Å². The first-order valence-electron chi connectivity index (χ1n) is 8.40. The van der Waals surface area contributed by atoms with Crippen LogP contribution in [0.1, 0.15) is 26.4 Å². The molecule has 0 unspecified atom stereocenters. The van der Waals surface area contributed by atoms with E-state index in [9.17, 15) is 9.59 Å². The zero-order valence-electron chi connectivity index (χ0n) is 14.8. The third-order valence-corrected chi connectivity index (χ3v) is 3.92. The highest BCUT2D eigenvalue weighted by molar-refractivity contribution is 6.04. The van der Waals surface area contributed by atoms with E-state index in [1.54, 1.807) is 25.3 Å². The van der Waals surface area contributed by atoms with Crippen LogP contribution in [0.15, 0.2) is 72.9 Å². The smallest absolute Gasteiger partial charge is 0.274 e. The summed E-state index contributed by atoms with van der Waals surface area (Å²) in [7, 11) is 1.58. The molecule has 27 heavy (non-hydrogen) atoms. The van der Waals surface area contributed by atoms with E-state index in [2.05, 4.69) is 15.6 Å². The SMILES string of the molecule is COc1ccccc1CNC(=O)c1ccnc(C(=O)Nc2ccccc2)c1. The van der Waals surface area contributed by atoms with Crippen molar-refractivity contribution in [1.29, 1.82) is 0 Å². The number of hydrogen-bond donors (Lipinski definition) is 2. The molecule has 0 saturated carbocycles. The van der Waals surface area contributed by atoms with Crippen LogP contribution in [0.5, 0.6) is 5.75 Å². The number of nitrogens with zero attached hydrogens (tertiary/aromatic N) is 1. The van der Waals surface area contributed by atoms with E-state index in [0.29, 0.717) is 23.5 Å². The molecule has 0 saturated heterocycles. The number of methoxy groups -OCH3 is 1. The Kier molecular flexibility index (Phi) is 5.79. The lowest BCUT2D eigenvalue weighted by Gasteiger charge is -2.10. The molecule has 2 N–H and O–H groups in total. The second-order valence-electron chi connectivity index (χ2n) is 5.74. The van der Waals surface area contributed by atoms with Gasteiger partial charge >= 0.3 is 0 Å². The van der Waals surface area contributed by atoms with Crippen molar-refractivity contribution < 1.29 is 14.3 Å². The average molecular weight is 361 g/mol. The maximum absolute atomic E-state index is 12.4. The highest BCUT2D eigenvalue weighted by atomic mass is 16.5. The number of aromatic nitrogens is 1. The second kappa shape index (κ2) is 8.62. The van der Waals surface area contributed by atoms with Crippen molar-refractivity contribution in [3.63, 3.8) is 0 Å². The lowest BCUT2D eigenvalue weighted by molar-refractivity contribution is 0.0950. The van der Waals surface area contributed by atoms with Crippen molar-refractivity contribution in [1.82, 2.24) is 10.3 Å². The van der Waals surface area contributed by atoms with Crippen LogP contribution in [-0.2, 0) is 6.54 Å². The molecule has 0 spiro atoms. The number of rotatable bonds is 6. The summed E-state index contributed by atoms with van der Waals surface area (Å²) in [6, 6.07) is 19.6. The van der Waals surface area contributed by atoms with Crippen molar-refractivity contribution >= 4 is 17.5 Å². The molecule has 1 heterocycles. The first-order valence-corrected chi connectivity index (χ1v) is 8.40. The zero-order valence-corrected chi connectivity index (χ0v) is 14.8. The second-order valence-corrected chi connectivity index (χ2v) is 5.74. The molecule has 0 aliphatic rings. The van der Waals surface area contributed by atoms with E-state index < -0.39 is 0 Å². The van der Waals surface area contributed by atoms with Crippen LogP contribution >= 0.6 is 0 Å². The van der Waals surface area contributed by atoms with Crippen LogP contribution in [0.25, 0.3) is 0 Å². The van der Waals surface area contributed by atoms with Gasteiger partial charge in [0.2, 0.25) is 0 Å². The monoisotopic (exact) mass is 361 g/mol. The molecule has 3 rings (SSSR count). The summed E-state index contributed by atoms with van der Waals surface area (Å²) >= 11 is 0. The number of carbonyl (C=O) groups excluding carboxylic acids is 2. The summed E-state index contributed by atoms with van der Waals surface area (Å²) in [5, 5.41) is 5.57. The molecule has 0 radical (unpaired) electrons. The van der Waals surface area contributed by atoms with Crippen LogP contribution < -0.4 is 15.4 Å². The fraction of sp³-hybridized carbons (Fsp3) is 0.0952. The molecule has 6 nitrogen and oxygen atoms in total. The van der Waals surface area contributed by atoms with Crippen LogP contribution in [0, 0.1) is 0 Å².